The summed E-state index contributed by atoms with van der Waals surface area (Å²) < 4.78 is 15.9. The molecule has 0 bridgehead atoms. The highest BCUT2D eigenvalue weighted by atomic mass is 35.5. The lowest BCUT2D eigenvalue weighted by Gasteiger charge is -2.43. The van der Waals surface area contributed by atoms with Gasteiger partial charge in [-0.05, 0) is 50.3 Å². The fraction of sp³-hybridized carbons (Fsp3) is 0.370. The normalized spacial score (nSPS) is 19.2. The van der Waals surface area contributed by atoms with E-state index in [4.69, 9.17) is 28.2 Å². The zero-order valence-electron chi connectivity index (χ0n) is 20.2. The molecule has 2 heterocycles. The quantitative estimate of drug-likeness (QED) is 0.413. The predicted molar refractivity (Wildman–Crippen MR) is 146 cm³/mol. The minimum atomic E-state index is -1.07. The Hall–Kier alpha value is -2.34. The summed E-state index contributed by atoms with van der Waals surface area (Å²) in [6.07, 6.45) is 2.78. The molecule has 0 radical (unpaired) electrons. The second-order valence-electron chi connectivity index (χ2n) is 9.46. The van der Waals surface area contributed by atoms with Crippen LogP contribution in [0.1, 0.15) is 48.3 Å². The third-order valence-electron chi connectivity index (χ3n) is 7.48. The lowest BCUT2D eigenvalue weighted by atomic mass is 9.73. The number of rotatable bonds is 5. The van der Waals surface area contributed by atoms with Crippen molar-refractivity contribution in [2.75, 3.05) is 23.7 Å². The van der Waals surface area contributed by atoms with Crippen LogP contribution in [0.15, 0.2) is 42.5 Å². The number of nitriles is 1. The fourth-order valence-corrected chi connectivity index (χ4v) is 6.81. The van der Waals surface area contributed by atoms with Crippen LogP contribution in [-0.2, 0) is 17.8 Å². The van der Waals surface area contributed by atoms with Gasteiger partial charge >= 0.3 is 0 Å². The molecule has 1 aliphatic heterocycles. The van der Waals surface area contributed by atoms with E-state index in [1.807, 2.05) is 19.9 Å². The lowest BCUT2D eigenvalue weighted by molar-refractivity contribution is 0.176. The van der Waals surface area contributed by atoms with Gasteiger partial charge in [0, 0.05) is 41.0 Å². The Morgan fingerprint density at radius 3 is 2.64 bits per heavy atom. The highest BCUT2D eigenvalue weighted by molar-refractivity contribution is 7.89. The fourth-order valence-electron chi connectivity index (χ4n) is 5.61. The average Bonchev–Trinajstić information content (AvgIpc) is 3.18. The summed E-state index contributed by atoms with van der Waals surface area (Å²) in [5.41, 5.74) is 4.82. The topological polar surface area (TPSA) is 87.9 Å². The maximum absolute atomic E-state index is 12.5. The summed E-state index contributed by atoms with van der Waals surface area (Å²) in [6.45, 7) is 5.32. The number of aryl methyl sites for hydroxylation is 1. The summed E-state index contributed by atoms with van der Waals surface area (Å²) in [5.74, 6) is 1.13. The smallest absolute Gasteiger partial charge is 0.226 e. The van der Waals surface area contributed by atoms with Crippen LogP contribution in [0.4, 0.5) is 5.95 Å². The van der Waals surface area contributed by atoms with E-state index >= 15 is 0 Å². The minimum Gasteiger partial charge on any atom is -0.598 e. The van der Waals surface area contributed by atoms with Crippen LogP contribution < -0.4 is 9.62 Å². The van der Waals surface area contributed by atoms with Crippen molar-refractivity contribution in [2.45, 2.75) is 39.2 Å². The van der Waals surface area contributed by atoms with Crippen molar-refractivity contribution < 1.29 is 4.55 Å². The van der Waals surface area contributed by atoms with Crippen LogP contribution in [-0.4, -0.2) is 33.4 Å². The molecule has 1 saturated heterocycles. The first-order valence-corrected chi connectivity index (χ1v) is 14.1. The van der Waals surface area contributed by atoms with Crippen LogP contribution in [0.2, 0.25) is 10.0 Å². The number of benzene rings is 2. The van der Waals surface area contributed by atoms with Gasteiger partial charge < -0.3 is 9.45 Å². The molecule has 5 rings (SSSR count). The van der Waals surface area contributed by atoms with E-state index in [1.54, 1.807) is 12.1 Å². The number of aromatic nitrogens is 2. The molecule has 3 aromatic rings. The molecule has 9 heteroatoms. The highest BCUT2D eigenvalue weighted by Gasteiger charge is 2.49. The second-order valence-corrected chi connectivity index (χ2v) is 11.7. The van der Waals surface area contributed by atoms with Crippen LogP contribution in [0.5, 0.6) is 0 Å². The number of piperidine rings is 1. The number of nitrogens with zero attached hydrogens (tertiary/aromatic N) is 4. The Labute approximate surface area is 225 Å². The Kier molecular flexibility index (Phi) is 7.17. The van der Waals surface area contributed by atoms with Crippen molar-refractivity contribution in [3.63, 3.8) is 0 Å². The molecule has 2 aromatic carbocycles. The minimum absolute atomic E-state index is 0.00757. The van der Waals surface area contributed by atoms with E-state index < -0.39 is 11.4 Å². The maximum atomic E-state index is 12.5. The summed E-state index contributed by atoms with van der Waals surface area (Å²) in [5, 5.41) is 10.7. The molecule has 1 spiro atoms. The summed E-state index contributed by atoms with van der Waals surface area (Å²) in [4.78, 5) is 11.6. The molecule has 1 fully saturated rings. The van der Waals surface area contributed by atoms with Gasteiger partial charge in [0.2, 0.25) is 5.95 Å². The van der Waals surface area contributed by atoms with Gasteiger partial charge in [0.25, 0.3) is 0 Å². The molecule has 1 N–H and O–H groups in total. The molecule has 6 nitrogen and oxygen atoms in total. The Bertz CT molecular complexity index is 1340. The first-order valence-electron chi connectivity index (χ1n) is 12.1. The van der Waals surface area contributed by atoms with Gasteiger partial charge in [-0.2, -0.15) is 5.26 Å². The largest absolute Gasteiger partial charge is 0.598 e. The van der Waals surface area contributed by atoms with E-state index in [1.165, 1.54) is 11.1 Å². The van der Waals surface area contributed by atoms with Crippen molar-refractivity contribution >= 4 is 40.5 Å². The second kappa shape index (κ2) is 10.2. The molecular formula is C27H27Cl2N5OS. The SMILES string of the molecule is CC[S@@+]([O-])N[C@@H]1c2ccccc2CC12CCN(c1nc(C)c(-c3cccc(Cl)c3Cl)c(C#N)n1)CC2. The van der Waals surface area contributed by atoms with Crippen molar-refractivity contribution in [1.29, 1.82) is 5.26 Å². The van der Waals surface area contributed by atoms with E-state index in [0.717, 1.165) is 32.4 Å². The summed E-state index contributed by atoms with van der Waals surface area (Å²) >= 11 is 11.6. The molecule has 2 aliphatic rings. The Morgan fingerprint density at radius 1 is 1.17 bits per heavy atom. The van der Waals surface area contributed by atoms with E-state index in [2.05, 4.69) is 44.9 Å². The van der Waals surface area contributed by atoms with Crippen molar-refractivity contribution in [3.05, 3.63) is 75.0 Å². The molecule has 1 aromatic heterocycles. The van der Waals surface area contributed by atoms with E-state index in [-0.39, 0.29) is 17.2 Å². The van der Waals surface area contributed by atoms with Crippen LogP contribution in [0.3, 0.4) is 0 Å². The van der Waals surface area contributed by atoms with Gasteiger partial charge in [-0.1, -0.05) is 59.6 Å². The molecule has 0 amide bonds. The van der Waals surface area contributed by atoms with Gasteiger partial charge in [0.1, 0.15) is 11.8 Å². The van der Waals surface area contributed by atoms with Crippen LogP contribution in [0.25, 0.3) is 11.1 Å². The third kappa shape index (κ3) is 4.46. The summed E-state index contributed by atoms with van der Waals surface area (Å²) in [7, 11) is 0. The first kappa shape index (κ1) is 25.3. The van der Waals surface area contributed by atoms with Crippen molar-refractivity contribution in [3.8, 4) is 17.2 Å². The zero-order valence-corrected chi connectivity index (χ0v) is 22.6. The number of halogens is 2. The Balaban J connectivity index is 1.42. The monoisotopic (exact) mass is 539 g/mol. The average molecular weight is 541 g/mol. The maximum Gasteiger partial charge on any atom is 0.226 e. The number of hydrogen-bond acceptors (Lipinski definition) is 6. The highest BCUT2D eigenvalue weighted by Crippen LogP contribution is 2.52. The van der Waals surface area contributed by atoms with Gasteiger partial charge in [0.15, 0.2) is 5.69 Å². The van der Waals surface area contributed by atoms with Gasteiger partial charge in [-0.15, -0.1) is 4.72 Å². The predicted octanol–water partition coefficient (Wildman–Crippen LogP) is 5.79. The molecule has 1 aliphatic carbocycles. The standard InChI is InChI=1S/C27H27Cl2N5OS/c1-3-36(35)33-25-19-8-5-4-7-18(19)15-27(25)11-13-34(14-12-27)26-31-17(2)23(22(16-30)32-26)20-9-6-10-21(28)24(20)29/h4-10,25,33H,3,11-15H2,1-2H3/t25-,36-/m1/s1. The van der Waals surface area contributed by atoms with Gasteiger partial charge in [-0.3, -0.25) is 0 Å². The zero-order chi connectivity index (χ0) is 25.4. The van der Waals surface area contributed by atoms with Crippen LogP contribution >= 0.6 is 23.2 Å². The van der Waals surface area contributed by atoms with E-state index in [9.17, 15) is 9.81 Å². The first-order chi connectivity index (χ1) is 17.4. The molecular weight excluding hydrogens is 513 g/mol. The number of fused-ring (bicyclic) bond motifs is 1. The lowest BCUT2D eigenvalue weighted by Crippen LogP contribution is -2.47. The molecule has 0 unspecified atom stereocenters. The molecule has 2 atom stereocenters. The van der Waals surface area contributed by atoms with E-state index in [0.29, 0.717) is 38.6 Å². The van der Waals surface area contributed by atoms with Crippen molar-refractivity contribution in [2.24, 2.45) is 5.41 Å². The molecule has 36 heavy (non-hydrogen) atoms. The van der Waals surface area contributed by atoms with Gasteiger partial charge in [-0.25, -0.2) is 9.97 Å². The number of hydrogen-bond donors (Lipinski definition) is 1. The number of anilines is 1. The van der Waals surface area contributed by atoms with Crippen molar-refractivity contribution in [1.82, 2.24) is 14.7 Å². The third-order valence-corrected chi connectivity index (χ3v) is 9.32. The Morgan fingerprint density at radius 2 is 1.92 bits per heavy atom. The van der Waals surface area contributed by atoms with Gasteiger partial charge in [0.05, 0.1) is 21.8 Å². The molecule has 0 saturated carbocycles. The van der Waals surface area contributed by atoms with Crippen LogP contribution in [0, 0.1) is 23.7 Å². The molecule has 186 valence electrons. The summed E-state index contributed by atoms with van der Waals surface area (Å²) in [6, 6.07) is 16.1. The number of nitrogens with one attached hydrogen (secondary N) is 1.